The van der Waals surface area contributed by atoms with Gasteiger partial charge in [0, 0.05) is 15.4 Å². The van der Waals surface area contributed by atoms with Crippen LogP contribution in [0.3, 0.4) is 0 Å². The summed E-state index contributed by atoms with van der Waals surface area (Å²) in [5.41, 5.74) is 6.65. The van der Waals surface area contributed by atoms with Gasteiger partial charge in [-0.25, -0.2) is 9.78 Å². The molecule has 0 amide bonds. The van der Waals surface area contributed by atoms with Gasteiger partial charge < -0.3 is 4.74 Å². The minimum Gasteiger partial charge on any atom is -0.465 e. The monoisotopic (exact) mass is 407 g/mol. The Morgan fingerprint density at radius 3 is 2.54 bits per heavy atom. The van der Waals surface area contributed by atoms with Crippen molar-refractivity contribution in [2.75, 3.05) is 7.11 Å². The second kappa shape index (κ2) is 5.92. The van der Waals surface area contributed by atoms with E-state index in [1.807, 2.05) is 18.2 Å². The van der Waals surface area contributed by atoms with E-state index in [2.05, 4.69) is 40.2 Å². The smallest absolute Gasteiger partial charge is 0.337 e. The zero-order chi connectivity index (χ0) is 17.8. The first kappa shape index (κ1) is 16.0. The lowest BCUT2D eigenvalue weighted by Crippen LogP contribution is -2.06. The molecule has 2 aromatic carbocycles. The normalized spacial score (nSPS) is 20.4. The standard InChI is InChI=1S/C22H18BrNO2/c1-26-22(25)15-6-9-18-17(11-15)19-13-2-3-14(10-13)20(19)21(24-18)12-4-7-16(23)8-5-12/h4-9,11,13-14H,2-3,10H2,1H3/t13-,14+/m1/s1. The molecule has 0 radical (unpaired) electrons. The topological polar surface area (TPSA) is 39.2 Å². The molecule has 3 aromatic rings. The van der Waals surface area contributed by atoms with Crippen LogP contribution in [0.4, 0.5) is 0 Å². The number of pyridine rings is 1. The third-order valence-electron chi connectivity index (χ3n) is 5.85. The Kier molecular flexibility index (Phi) is 3.64. The number of carbonyl (C=O) groups excluding carboxylic acids is 1. The average Bonchev–Trinajstić information content (AvgIpc) is 3.29. The number of esters is 1. The van der Waals surface area contributed by atoms with E-state index in [0.29, 0.717) is 17.4 Å². The van der Waals surface area contributed by atoms with E-state index >= 15 is 0 Å². The molecular formula is C22H18BrNO2. The number of fused-ring (bicyclic) bond motifs is 7. The van der Waals surface area contributed by atoms with E-state index in [1.165, 1.54) is 37.5 Å². The summed E-state index contributed by atoms with van der Waals surface area (Å²) in [6.45, 7) is 0. The van der Waals surface area contributed by atoms with Gasteiger partial charge in [-0.05, 0) is 72.6 Å². The van der Waals surface area contributed by atoms with Crippen LogP contribution in [0.15, 0.2) is 46.9 Å². The van der Waals surface area contributed by atoms with Gasteiger partial charge in [0.05, 0.1) is 23.9 Å². The molecule has 2 atom stereocenters. The van der Waals surface area contributed by atoms with Gasteiger partial charge in [-0.3, -0.25) is 0 Å². The van der Waals surface area contributed by atoms with E-state index < -0.39 is 0 Å². The molecule has 2 aliphatic rings. The Hall–Kier alpha value is -2.20. The third kappa shape index (κ3) is 2.32. The molecule has 130 valence electrons. The molecule has 26 heavy (non-hydrogen) atoms. The minimum atomic E-state index is -0.291. The predicted molar refractivity (Wildman–Crippen MR) is 106 cm³/mol. The number of benzene rings is 2. The van der Waals surface area contributed by atoms with Gasteiger partial charge in [-0.2, -0.15) is 0 Å². The van der Waals surface area contributed by atoms with Crippen molar-refractivity contribution >= 4 is 32.8 Å². The zero-order valence-corrected chi connectivity index (χ0v) is 16.0. The highest BCUT2D eigenvalue weighted by molar-refractivity contribution is 9.10. The number of carbonyl (C=O) groups is 1. The molecular weight excluding hydrogens is 390 g/mol. The Morgan fingerprint density at radius 1 is 1.08 bits per heavy atom. The second-order valence-corrected chi connectivity index (χ2v) is 8.14. The largest absolute Gasteiger partial charge is 0.465 e. The van der Waals surface area contributed by atoms with E-state index in [0.717, 1.165) is 26.6 Å². The first-order valence-electron chi connectivity index (χ1n) is 8.97. The van der Waals surface area contributed by atoms with Crippen LogP contribution in [-0.2, 0) is 4.74 Å². The van der Waals surface area contributed by atoms with Crippen molar-refractivity contribution in [1.29, 1.82) is 0 Å². The van der Waals surface area contributed by atoms with Crippen LogP contribution in [0.5, 0.6) is 0 Å². The Bertz CT molecular complexity index is 1040. The number of rotatable bonds is 2. The molecule has 2 aliphatic carbocycles. The van der Waals surface area contributed by atoms with Crippen molar-refractivity contribution in [2.24, 2.45) is 0 Å². The van der Waals surface area contributed by atoms with Gasteiger partial charge in [0.2, 0.25) is 0 Å². The molecule has 0 spiro atoms. The van der Waals surface area contributed by atoms with Crippen molar-refractivity contribution < 1.29 is 9.53 Å². The predicted octanol–water partition coefficient (Wildman–Crippen LogP) is 5.82. The molecule has 0 N–H and O–H groups in total. The van der Waals surface area contributed by atoms with Crippen LogP contribution >= 0.6 is 15.9 Å². The Morgan fingerprint density at radius 2 is 1.81 bits per heavy atom. The van der Waals surface area contributed by atoms with E-state index in [9.17, 15) is 4.79 Å². The summed E-state index contributed by atoms with van der Waals surface area (Å²) >= 11 is 3.52. The quantitative estimate of drug-likeness (QED) is 0.502. The molecule has 0 saturated heterocycles. The van der Waals surface area contributed by atoms with Crippen LogP contribution in [-0.4, -0.2) is 18.1 Å². The van der Waals surface area contributed by atoms with E-state index in [4.69, 9.17) is 9.72 Å². The number of hydrogen-bond acceptors (Lipinski definition) is 3. The second-order valence-electron chi connectivity index (χ2n) is 7.23. The molecule has 1 aromatic heterocycles. The highest BCUT2D eigenvalue weighted by Crippen LogP contribution is 2.57. The maximum Gasteiger partial charge on any atom is 0.337 e. The maximum atomic E-state index is 12.0. The van der Waals surface area contributed by atoms with E-state index in [1.54, 1.807) is 0 Å². The summed E-state index contributed by atoms with van der Waals surface area (Å²) < 4.78 is 5.98. The lowest BCUT2D eigenvalue weighted by atomic mass is 9.86. The number of ether oxygens (including phenoxy) is 1. The van der Waals surface area contributed by atoms with Crippen LogP contribution in [0.2, 0.25) is 0 Å². The summed E-state index contributed by atoms with van der Waals surface area (Å²) in [7, 11) is 1.42. The van der Waals surface area contributed by atoms with Gasteiger partial charge in [-0.1, -0.05) is 28.1 Å². The van der Waals surface area contributed by atoms with E-state index in [-0.39, 0.29) is 5.97 Å². The van der Waals surface area contributed by atoms with Crippen LogP contribution in [0.25, 0.3) is 22.2 Å². The number of aromatic nitrogens is 1. The molecule has 2 bridgehead atoms. The molecule has 0 aliphatic heterocycles. The highest BCUT2D eigenvalue weighted by Gasteiger charge is 2.40. The van der Waals surface area contributed by atoms with Crippen LogP contribution < -0.4 is 0 Å². The Balaban J connectivity index is 1.79. The fourth-order valence-electron chi connectivity index (χ4n) is 4.73. The first-order valence-corrected chi connectivity index (χ1v) is 9.77. The van der Waals surface area contributed by atoms with Gasteiger partial charge in [0.25, 0.3) is 0 Å². The van der Waals surface area contributed by atoms with Crippen molar-refractivity contribution in [1.82, 2.24) is 4.98 Å². The lowest BCUT2D eigenvalue weighted by molar-refractivity contribution is 0.0601. The van der Waals surface area contributed by atoms with Gasteiger partial charge >= 0.3 is 5.97 Å². The van der Waals surface area contributed by atoms with Crippen LogP contribution in [0.1, 0.15) is 52.6 Å². The molecule has 4 heteroatoms. The number of halogens is 1. The summed E-state index contributed by atoms with van der Waals surface area (Å²) in [5.74, 6) is 0.885. The van der Waals surface area contributed by atoms with Gasteiger partial charge in [-0.15, -0.1) is 0 Å². The summed E-state index contributed by atoms with van der Waals surface area (Å²) in [4.78, 5) is 17.0. The molecule has 1 saturated carbocycles. The summed E-state index contributed by atoms with van der Waals surface area (Å²) in [6.07, 6.45) is 3.69. The molecule has 5 rings (SSSR count). The lowest BCUT2D eigenvalue weighted by Gasteiger charge is -2.21. The van der Waals surface area contributed by atoms with Crippen molar-refractivity contribution in [2.45, 2.75) is 31.1 Å². The highest BCUT2D eigenvalue weighted by atomic mass is 79.9. The third-order valence-corrected chi connectivity index (χ3v) is 6.38. The minimum absolute atomic E-state index is 0.291. The summed E-state index contributed by atoms with van der Waals surface area (Å²) in [5, 5.41) is 1.12. The first-order chi connectivity index (χ1) is 12.7. The number of nitrogens with zero attached hydrogens (tertiary/aromatic N) is 1. The fraction of sp³-hybridized carbons (Fsp3) is 0.273. The Labute approximate surface area is 160 Å². The molecule has 1 fully saturated rings. The molecule has 1 heterocycles. The summed E-state index contributed by atoms with van der Waals surface area (Å²) in [6, 6.07) is 14.1. The maximum absolute atomic E-state index is 12.0. The molecule has 3 nitrogen and oxygen atoms in total. The van der Waals surface area contributed by atoms with Crippen LogP contribution in [0, 0.1) is 0 Å². The average molecular weight is 408 g/mol. The molecule has 0 unspecified atom stereocenters. The SMILES string of the molecule is COC(=O)c1ccc2nc(-c3ccc(Br)cc3)c3c(c2c1)[C@@H]1CC[C@H]3C1. The fourth-order valence-corrected chi connectivity index (χ4v) is 5.00. The van der Waals surface area contributed by atoms with Gasteiger partial charge in [0.1, 0.15) is 0 Å². The van der Waals surface area contributed by atoms with Crippen molar-refractivity contribution in [3.8, 4) is 11.3 Å². The zero-order valence-electron chi connectivity index (χ0n) is 14.5. The van der Waals surface area contributed by atoms with Gasteiger partial charge in [0.15, 0.2) is 0 Å². The number of methoxy groups -OCH3 is 1. The van der Waals surface area contributed by atoms with Crippen molar-refractivity contribution in [3.63, 3.8) is 0 Å². The number of hydrogen-bond donors (Lipinski definition) is 0. The van der Waals surface area contributed by atoms with Crippen molar-refractivity contribution in [3.05, 3.63) is 63.6 Å².